The molecule has 0 spiro atoms. The fourth-order valence-electron chi connectivity index (χ4n) is 3.61. The molecule has 4 rings (SSSR count). The Morgan fingerprint density at radius 1 is 0.800 bits per heavy atom. The van der Waals surface area contributed by atoms with Gasteiger partial charge in [-0.25, -0.2) is 9.37 Å². The molecular formula is C24H9F5N6. The highest BCUT2D eigenvalue weighted by Gasteiger charge is 2.42. The Bertz CT molecular complexity index is 1540. The Morgan fingerprint density at radius 2 is 1.34 bits per heavy atom. The zero-order chi connectivity index (χ0) is 25.3. The van der Waals surface area contributed by atoms with Crippen molar-refractivity contribution in [1.82, 2.24) is 15.3 Å². The van der Waals surface area contributed by atoms with E-state index >= 15 is 0 Å². The van der Waals surface area contributed by atoms with Crippen LogP contribution in [0.1, 0.15) is 11.1 Å². The molecule has 0 amide bonds. The Hall–Kier alpha value is -5.08. The summed E-state index contributed by atoms with van der Waals surface area (Å²) in [7, 11) is 0. The molecule has 1 aliphatic carbocycles. The molecule has 0 aromatic carbocycles. The van der Waals surface area contributed by atoms with Gasteiger partial charge in [0.15, 0.2) is 12.2 Å². The molecule has 1 saturated carbocycles. The predicted octanol–water partition coefficient (Wildman–Crippen LogP) is 4.62. The molecule has 2 aromatic rings. The summed E-state index contributed by atoms with van der Waals surface area (Å²) in [6.45, 7) is 0. The van der Waals surface area contributed by atoms with E-state index in [0.29, 0.717) is 0 Å². The molecule has 1 aliphatic heterocycles. The first-order chi connectivity index (χ1) is 16.8. The fraction of sp³-hybridized carbons (Fsp3) is 0.0417. The maximum absolute atomic E-state index is 13.9. The van der Waals surface area contributed by atoms with Crippen molar-refractivity contribution in [2.24, 2.45) is 0 Å². The zero-order valence-electron chi connectivity index (χ0n) is 17.2. The van der Waals surface area contributed by atoms with Gasteiger partial charge in [-0.2, -0.15) is 38.3 Å². The van der Waals surface area contributed by atoms with Crippen LogP contribution in [0.15, 0.2) is 76.4 Å². The lowest BCUT2D eigenvalue weighted by atomic mass is 10.0. The molecule has 1 fully saturated rings. The smallest absolute Gasteiger partial charge is 0.216 e. The molecule has 1 unspecified atom stereocenters. The molecule has 2 aliphatic rings. The molecule has 2 aromatic heterocycles. The van der Waals surface area contributed by atoms with Gasteiger partial charge in [-0.3, -0.25) is 0 Å². The Kier molecular flexibility index (Phi) is 5.97. The molecule has 0 radical (unpaired) electrons. The largest absolute Gasteiger partial charge is 0.329 e. The van der Waals surface area contributed by atoms with Gasteiger partial charge in [-0.05, 0) is 29.4 Å². The molecular weight excluding hydrogens is 467 g/mol. The van der Waals surface area contributed by atoms with Gasteiger partial charge < -0.3 is 5.32 Å². The number of nitriles is 3. The summed E-state index contributed by atoms with van der Waals surface area (Å²) in [5, 5.41) is 31.3. The number of nitrogens with zero attached hydrogens (tertiary/aromatic N) is 5. The first-order valence-electron chi connectivity index (χ1n) is 9.67. The maximum atomic E-state index is 13.9. The number of nitrogens with one attached hydrogen (secondary N) is 1. The van der Waals surface area contributed by atoms with E-state index in [1.807, 2.05) is 11.4 Å². The van der Waals surface area contributed by atoms with Crippen molar-refractivity contribution in [2.45, 2.75) is 6.30 Å². The summed E-state index contributed by atoms with van der Waals surface area (Å²) in [5.74, 6) is -4.45. The summed E-state index contributed by atoms with van der Waals surface area (Å²) < 4.78 is 69.0. The van der Waals surface area contributed by atoms with Crippen LogP contribution in [0.3, 0.4) is 0 Å². The molecule has 3 heterocycles. The monoisotopic (exact) mass is 476 g/mol. The van der Waals surface area contributed by atoms with Crippen LogP contribution in [0.25, 0.3) is 11.1 Å². The van der Waals surface area contributed by atoms with Crippen LogP contribution in [-0.2, 0) is 0 Å². The number of dihydropyridines is 1. The van der Waals surface area contributed by atoms with E-state index in [0.717, 1.165) is 36.5 Å². The SMILES string of the molecule is N#CC(C1=CC(F)NC(F)=C1)=C1C(=C(C#N)c2ccnc(F)c2)C1=C(C#N)c1cc(F)nc(F)c1. The topological polar surface area (TPSA) is 109 Å². The number of hydrogen-bond donors (Lipinski definition) is 1. The highest BCUT2D eigenvalue weighted by molar-refractivity contribution is 6.07. The first kappa shape index (κ1) is 23.1. The lowest BCUT2D eigenvalue weighted by molar-refractivity contribution is 0.323. The van der Waals surface area contributed by atoms with E-state index < -0.39 is 30.1 Å². The fourth-order valence-corrected chi connectivity index (χ4v) is 3.61. The standard InChI is InChI=1S/C24H9F5N6/c25-17-3-11(1-2-33-17)14(8-30)22-23(15(9-31)12-4-18(26)34-19(27)5-12)24(22)16(10-32)13-6-20(28)35-21(29)7-13/h1-7,18,34H. The number of allylic oxidation sites excluding steroid dienone is 8. The van der Waals surface area contributed by atoms with Gasteiger partial charge in [0, 0.05) is 46.7 Å². The third-order valence-electron chi connectivity index (χ3n) is 5.01. The van der Waals surface area contributed by atoms with E-state index in [1.54, 1.807) is 12.1 Å². The van der Waals surface area contributed by atoms with Crippen molar-refractivity contribution < 1.29 is 22.0 Å². The Morgan fingerprint density at radius 3 is 1.89 bits per heavy atom. The lowest BCUT2D eigenvalue weighted by Crippen LogP contribution is -2.23. The number of alkyl halides is 1. The van der Waals surface area contributed by atoms with Crippen molar-refractivity contribution in [3.8, 4) is 18.2 Å². The average Bonchev–Trinajstić information content (AvgIpc) is 3.48. The van der Waals surface area contributed by atoms with Gasteiger partial charge in [-0.15, -0.1) is 0 Å². The molecule has 1 atom stereocenters. The molecule has 0 saturated heterocycles. The minimum Gasteiger partial charge on any atom is -0.329 e. The second-order valence-corrected chi connectivity index (χ2v) is 7.11. The Balaban J connectivity index is 2.09. The van der Waals surface area contributed by atoms with E-state index in [1.165, 1.54) is 6.07 Å². The number of rotatable bonds is 3. The third-order valence-corrected chi connectivity index (χ3v) is 5.01. The second kappa shape index (κ2) is 9.05. The molecule has 6 nitrogen and oxygen atoms in total. The number of halogens is 5. The maximum Gasteiger partial charge on any atom is 0.216 e. The van der Waals surface area contributed by atoms with Crippen molar-refractivity contribution in [3.05, 3.63) is 105 Å². The molecule has 11 heteroatoms. The highest BCUT2D eigenvalue weighted by atomic mass is 19.2. The van der Waals surface area contributed by atoms with Crippen molar-refractivity contribution >= 4 is 11.1 Å². The van der Waals surface area contributed by atoms with Gasteiger partial charge in [0.1, 0.15) is 18.2 Å². The highest BCUT2D eigenvalue weighted by Crippen LogP contribution is 2.55. The van der Waals surface area contributed by atoms with Gasteiger partial charge in [-0.1, -0.05) is 0 Å². The third kappa shape index (κ3) is 4.41. The van der Waals surface area contributed by atoms with Gasteiger partial charge in [0.25, 0.3) is 0 Å². The van der Waals surface area contributed by atoms with Crippen LogP contribution < -0.4 is 5.32 Å². The summed E-state index contributed by atoms with van der Waals surface area (Å²) in [6, 6.07) is 9.22. The minimum atomic E-state index is -1.97. The second-order valence-electron chi connectivity index (χ2n) is 7.11. The predicted molar refractivity (Wildman–Crippen MR) is 111 cm³/mol. The van der Waals surface area contributed by atoms with Crippen molar-refractivity contribution in [2.75, 3.05) is 0 Å². The van der Waals surface area contributed by atoms with Crippen molar-refractivity contribution in [1.29, 1.82) is 15.8 Å². The van der Waals surface area contributed by atoms with E-state index in [4.69, 9.17) is 0 Å². The van der Waals surface area contributed by atoms with Crippen LogP contribution in [-0.4, -0.2) is 16.3 Å². The summed E-state index contributed by atoms with van der Waals surface area (Å²) in [5.41, 5.74) is -1.38. The van der Waals surface area contributed by atoms with Crippen LogP contribution in [0.5, 0.6) is 0 Å². The number of aromatic nitrogens is 2. The normalized spacial score (nSPS) is 20.8. The number of hydrogen-bond acceptors (Lipinski definition) is 6. The summed E-state index contributed by atoms with van der Waals surface area (Å²) in [6.07, 6.45) is 0.854. The van der Waals surface area contributed by atoms with E-state index in [2.05, 4.69) is 9.97 Å². The molecule has 0 bridgehead atoms. The Labute approximate surface area is 194 Å². The van der Waals surface area contributed by atoms with Crippen LogP contribution in [0, 0.1) is 51.8 Å². The number of pyridine rings is 2. The van der Waals surface area contributed by atoms with E-state index in [9.17, 15) is 37.7 Å². The molecule has 1 N–H and O–H groups in total. The van der Waals surface area contributed by atoms with Crippen LogP contribution in [0.4, 0.5) is 22.0 Å². The molecule has 170 valence electrons. The van der Waals surface area contributed by atoms with Gasteiger partial charge >= 0.3 is 0 Å². The quantitative estimate of drug-likeness (QED) is 0.300. The van der Waals surface area contributed by atoms with Gasteiger partial charge in [0.2, 0.25) is 17.8 Å². The van der Waals surface area contributed by atoms with Crippen LogP contribution in [0.2, 0.25) is 0 Å². The first-order valence-corrected chi connectivity index (χ1v) is 9.67. The van der Waals surface area contributed by atoms with Crippen LogP contribution >= 0.6 is 0 Å². The summed E-state index contributed by atoms with van der Waals surface area (Å²) in [4.78, 5) is 6.38. The average molecular weight is 476 g/mol. The van der Waals surface area contributed by atoms with E-state index in [-0.39, 0.29) is 50.1 Å². The lowest BCUT2D eigenvalue weighted by Gasteiger charge is -2.13. The zero-order valence-corrected chi connectivity index (χ0v) is 17.2. The minimum absolute atomic E-state index is 0.0209. The summed E-state index contributed by atoms with van der Waals surface area (Å²) >= 11 is 0. The molecule has 35 heavy (non-hydrogen) atoms. The van der Waals surface area contributed by atoms with Crippen molar-refractivity contribution in [3.63, 3.8) is 0 Å². The van der Waals surface area contributed by atoms with Gasteiger partial charge in [0.05, 0.1) is 16.7 Å².